The van der Waals surface area contributed by atoms with Gasteiger partial charge in [-0.25, -0.2) is 4.98 Å². The second-order valence-electron chi connectivity index (χ2n) is 5.78. The van der Waals surface area contributed by atoms with E-state index < -0.39 is 79.4 Å². The number of nitrogen functional groups attached to an aromatic ring is 1. The topological polar surface area (TPSA) is 88.2 Å². The van der Waals surface area contributed by atoms with E-state index >= 15 is 0 Å². The molecule has 152 valence electrons. The number of amides is 1. The highest BCUT2D eigenvalue weighted by Crippen LogP contribution is 2.21. The number of nitrogens with one attached hydrogen (secondary N) is 1. The Hall–Kier alpha value is -2.70. The summed E-state index contributed by atoms with van der Waals surface area (Å²) in [6.07, 6.45) is -15.0. The molecule has 3 rings (SSSR count). The molecule has 0 fully saturated rings. The number of benzene rings is 2. The van der Waals surface area contributed by atoms with E-state index in [4.69, 9.17) is 23.6 Å². The summed E-state index contributed by atoms with van der Waals surface area (Å²) in [5.41, 5.74) is 4.08. The lowest BCUT2D eigenvalue weighted by Crippen LogP contribution is -2.14. The Kier molecular flexibility index (Phi) is 3.47. The van der Waals surface area contributed by atoms with Crippen molar-refractivity contribution in [2.75, 3.05) is 11.1 Å². The van der Waals surface area contributed by atoms with E-state index in [1.165, 1.54) is 19.1 Å². The predicted molar refractivity (Wildman–Crippen MR) is 119 cm³/mol. The third-order valence-electron chi connectivity index (χ3n) is 3.51. The fourth-order valence-electron chi connectivity index (χ4n) is 2.21. The fourth-order valence-corrected chi connectivity index (χ4v) is 2.64. The van der Waals surface area contributed by atoms with Crippen LogP contribution in [0.1, 0.15) is 65.5 Å². The summed E-state index contributed by atoms with van der Waals surface area (Å²) in [7, 11) is 0. The summed E-state index contributed by atoms with van der Waals surface area (Å²) >= 11 is 0.693. The quantitative estimate of drug-likeness (QED) is 0.468. The van der Waals surface area contributed by atoms with Crippen LogP contribution in [0.3, 0.4) is 0 Å². The molecule has 0 radical (unpaired) electrons. The van der Waals surface area contributed by atoms with Crippen LogP contribution in [0.5, 0.6) is 0 Å². The summed E-state index contributed by atoms with van der Waals surface area (Å²) < 4.78 is 106. The number of hydrogen-bond acceptors (Lipinski definition) is 5. The van der Waals surface area contributed by atoms with Crippen molar-refractivity contribution in [3.63, 3.8) is 0 Å². The molecule has 6 heteroatoms. The summed E-state index contributed by atoms with van der Waals surface area (Å²) in [4.78, 5) is 16.3. The van der Waals surface area contributed by atoms with Gasteiger partial charge >= 0.3 is 0 Å². The van der Waals surface area contributed by atoms with Crippen LogP contribution in [-0.4, -0.2) is 16.0 Å². The van der Waals surface area contributed by atoms with Crippen LogP contribution in [0.25, 0.3) is 0 Å². The Labute approximate surface area is 193 Å². The van der Waals surface area contributed by atoms with E-state index in [1.54, 1.807) is 0 Å². The van der Waals surface area contributed by atoms with Crippen molar-refractivity contribution in [1.82, 2.24) is 4.98 Å². The smallest absolute Gasteiger partial charge is 0.230 e. The van der Waals surface area contributed by atoms with Gasteiger partial charge in [0.1, 0.15) is 0 Å². The molecule has 0 aliphatic heterocycles. The SMILES string of the molecule is [2H]c1sc(N)nc1C([2H])([2H])C(=O)Nc1ccc(C([2H])([2H])C([2H])([2H])CC([2H])([2H])[C@H](O)c2c([2H])c([2H])c([2H])c(C)c2[2H])cc1. The van der Waals surface area contributed by atoms with Gasteiger partial charge in [0.2, 0.25) is 5.91 Å². The second kappa shape index (κ2) is 10.2. The van der Waals surface area contributed by atoms with E-state index in [0.29, 0.717) is 11.3 Å². The molecule has 1 amide bonds. The van der Waals surface area contributed by atoms with Crippen LogP contribution in [-0.2, 0) is 17.5 Å². The zero-order valence-corrected chi connectivity index (χ0v) is 16.2. The number of anilines is 2. The van der Waals surface area contributed by atoms with Crippen molar-refractivity contribution in [2.45, 2.75) is 44.9 Å². The average molecular weight is 423 g/mol. The Morgan fingerprint density at radius 2 is 2.17 bits per heavy atom. The van der Waals surface area contributed by atoms with E-state index in [2.05, 4.69) is 10.3 Å². The summed E-state index contributed by atoms with van der Waals surface area (Å²) in [6.45, 7) is 1.30. The number of hydrogen-bond donors (Lipinski definition) is 3. The maximum absolute atomic E-state index is 12.6. The first-order valence-electron chi connectivity index (χ1n) is 15.0. The van der Waals surface area contributed by atoms with Crippen molar-refractivity contribution < 1.29 is 27.7 Å². The molecule has 4 N–H and O–H groups in total. The highest BCUT2D eigenvalue weighted by Gasteiger charge is 2.08. The normalized spacial score (nSPS) is 20.4. The first-order chi connectivity index (χ1) is 19.1. The number of carbonyl (C=O) groups is 1. The number of thiazole rings is 1. The van der Waals surface area contributed by atoms with Crippen molar-refractivity contribution in [2.24, 2.45) is 0 Å². The highest BCUT2D eigenvalue weighted by molar-refractivity contribution is 7.13. The number of nitrogens with zero attached hydrogens (tertiary/aromatic N) is 1. The molecule has 2 aromatic carbocycles. The molecule has 0 spiro atoms. The first-order valence-corrected chi connectivity index (χ1v) is 9.28. The molecule has 29 heavy (non-hydrogen) atoms. The molecule has 0 aliphatic rings. The number of aliphatic hydroxyl groups is 1. The maximum Gasteiger partial charge on any atom is 0.230 e. The maximum atomic E-state index is 12.6. The van der Waals surface area contributed by atoms with Crippen molar-refractivity contribution in [3.05, 3.63) is 76.2 Å². The molecule has 3 aromatic rings. The minimum atomic E-state index is -2.98. The van der Waals surface area contributed by atoms with Gasteiger partial charge in [-0.15, -0.1) is 11.3 Å². The average Bonchev–Trinajstić information content (AvgIpc) is 3.24. The Bertz CT molecular complexity index is 1480. The minimum Gasteiger partial charge on any atom is -0.388 e. The van der Waals surface area contributed by atoms with Gasteiger partial charge in [0.05, 0.1) is 25.0 Å². The van der Waals surface area contributed by atoms with Gasteiger partial charge in [0.15, 0.2) is 5.13 Å². The molecular formula is C23H27N3O2S. The molecule has 0 bridgehead atoms. The molecule has 0 aliphatic carbocycles. The van der Waals surface area contributed by atoms with E-state index in [1.807, 2.05) is 0 Å². The largest absolute Gasteiger partial charge is 0.388 e. The zero-order valence-electron chi connectivity index (χ0n) is 28.4. The van der Waals surface area contributed by atoms with Crippen LogP contribution < -0.4 is 11.1 Å². The Balaban J connectivity index is 1.84. The van der Waals surface area contributed by atoms with Crippen LogP contribution in [0, 0.1) is 6.92 Å². The van der Waals surface area contributed by atoms with Gasteiger partial charge in [-0.05, 0) is 49.3 Å². The third-order valence-corrected chi connectivity index (χ3v) is 4.10. The molecule has 1 atom stereocenters. The molecule has 1 heterocycles. The zero-order chi connectivity index (χ0) is 32.2. The molecule has 0 saturated heterocycles. The summed E-state index contributed by atoms with van der Waals surface area (Å²) in [5, 5.41) is 12.7. The lowest BCUT2D eigenvalue weighted by atomic mass is 10.00. The van der Waals surface area contributed by atoms with Gasteiger partial charge in [-0.2, -0.15) is 0 Å². The van der Waals surface area contributed by atoms with Crippen LogP contribution in [0.15, 0.2) is 53.8 Å². The highest BCUT2D eigenvalue weighted by atomic mass is 32.1. The van der Waals surface area contributed by atoms with Crippen molar-refractivity contribution in [3.8, 4) is 0 Å². The van der Waals surface area contributed by atoms with Crippen LogP contribution in [0.4, 0.5) is 10.8 Å². The Morgan fingerprint density at radius 1 is 1.38 bits per heavy atom. The van der Waals surface area contributed by atoms with Crippen molar-refractivity contribution >= 4 is 28.1 Å². The van der Waals surface area contributed by atoms with E-state index in [9.17, 15) is 9.90 Å². The Morgan fingerprint density at radius 3 is 2.90 bits per heavy atom. The summed E-state index contributed by atoms with van der Waals surface area (Å²) in [6, 6.07) is 2.21. The standard InChI is InChI=1S/C23H27N3O2S/c1-16-5-4-7-18(13-16)21(27)8-3-2-6-17-9-11-19(12-10-17)25-22(28)14-20-15-29-23(24)26-20/h4-5,7,9-13,15,21,27H,2-3,6,8,14H2,1H3,(H2,24,26)(H,25,28)/t21-/m0/s1/i2D2,4D,5D,6D2,7D,8D2,13D,14D2,15D. The van der Waals surface area contributed by atoms with Gasteiger partial charge in [0.25, 0.3) is 0 Å². The predicted octanol–water partition coefficient (Wildman–Crippen LogP) is 4.66. The van der Waals surface area contributed by atoms with E-state index in [0.717, 1.165) is 12.1 Å². The fraction of sp³-hybridized carbons (Fsp3) is 0.304. The second-order valence-corrected chi connectivity index (χ2v) is 6.61. The van der Waals surface area contributed by atoms with Gasteiger partial charge in [-0.3, -0.25) is 4.79 Å². The monoisotopic (exact) mass is 422 g/mol. The van der Waals surface area contributed by atoms with Gasteiger partial charge < -0.3 is 16.2 Å². The summed E-state index contributed by atoms with van der Waals surface area (Å²) in [5.74, 6) is -1.18. The van der Waals surface area contributed by atoms with Crippen molar-refractivity contribution in [1.29, 1.82) is 0 Å². The van der Waals surface area contributed by atoms with E-state index in [-0.39, 0.29) is 27.3 Å². The van der Waals surface area contributed by atoms with Crippen LogP contribution >= 0.6 is 11.3 Å². The molecular weight excluding hydrogens is 382 g/mol. The number of nitrogens with two attached hydrogens (primary N) is 1. The number of aromatic nitrogens is 1. The molecule has 5 nitrogen and oxygen atoms in total. The lowest BCUT2D eigenvalue weighted by Gasteiger charge is -2.11. The van der Waals surface area contributed by atoms with Gasteiger partial charge in [0, 0.05) is 22.0 Å². The number of carbonyl (C=O) groups excluding carboxylic acids is 1. The lowest BCUT2D eigenvalue weighted by molar-refractivity contribution is -0.115. The molecule has 0 saturated carbocycles. The molecule has 1 aromatic heterocycles. The van der Waals surface area contributed by atoms with Gasteiger partial charge in [-0.1, -0.05) is 48.3 Å². The number of aliphatic hydroxyl groups excluding tert-OH is 1. The van der Waals surface area contributed by atoms with Crippen LogP contribution in [0.2, 0.25) is 0 Å². The first kappa shape index (κ1) is 9.87. The number of aryl methyl sites for hydroxylation is 1. The minimum absolute atomic E-state index is 0.00910. The molecule has 0 unspecified atom stereocenters. The third kappa shape index (κ3) is 6.69. The number of rotatable bonds is 9.